The van der Waals surface area contributed by atoms with Gasteiger partial charge in [0.05, 0.1) is 24.6 Å². The highest BCUT2D eigenvalue weighted by Crippen LogP contribution is 2.60. The van der Waals surface area contributed by atoms with E-state index in [2.05, 4.69) is 27.2 Å². The van der Waals surface area contributed by atoms with E-state index >= 15 is 0 Å². The van der Waals surface area contributed by atoms with Crippen molar-refractivity contribution in [1.82, 2.24) is 4.98 Å². The highest BCUT2D eigenvalue weighted by atomic mass is 16.5. The molecule has 6 nitrogen and oxygen atoms in total. The maximum absolute atomic E-state index is 12.3. The van der Waals surface area contributed by atoms with Gasteiger partial charge in [0.25, 0.3) is 5.91 Å². The maximum Gasteiger partial charge on any atom is 0.339 e. The van der Waals surface area contributed by atoms with E-state index in [9.17, 15) is 9.59 Å². The van der Waals surface area contributed by atoms with Gasteiger partial charge in [-0.1, -0.05) is 12.1 Å². The summed E-state index contributed by atoms with van der Waals surface area (Å²) in [7, 11) is 1.30. The molecular formula is C25H28N2O4. The number of anilines is 1. The molecule has 2 aromatic rings. The molecule has 6 heteroatoms. The van der Waals surface area contributed by atoms with E-state index in [1.54, 1.807) is 0 Å². The molecule has 1 amide bonds. The quantitative estimate of drug-likeness (QED) is 0.703. The third kappa shape index (κ3) is 4.03. The van der Waals surface area contributed by atoms with Gasteiger partial charge in [-0.3, -0.25) is 9.78 Å². The van der Waals surface area contributed by atoms with Crippen LogP contribution in [0.15, 0.2) is 42.7 Å². The van der Waals surface area contributed by atoms with E-state index in [0.717, 1.165) is 17.8 Å². The third-order valence-electron chi connectivity index (χ3n) is 7.32. The Hall–Kier alpha value is -2.89. The Morgan fingerprint density at radius 3 is 2.29 bits per heavy atom. The number of ether oxygens (including phenoxy) is 2. The Labute approximate surface area is 182 Å². The maximum atomic E-state index is 12.3. The molecule has 0 radical (unpaired) electrons. The van der Waals surface area contributed by atoms with Crippen LogP contribution in [0, 0.1) is 17.8 Å². The second-order valence-electron chi connectivity index (χ2n) is 9.51. The number of carbonyl (C=O) groups excluding carboxylic acids is 2. The number of carbonyl (C=O) groups is 2. The van der Waals surface area contributed by atoms with Crippen molar-refractivity contribution in [3.05, 3.63) is 53.9 Å². The largest absolute Gasteiger partial charge is 0.484 e. The zero-order chi connectivity index (χ0) is 21.4. The molecule has 1 heterocycles. The first kappa shape index (κ1) is 20.0. The second kappa shape index (κ2) is 7.98. The first-order chi connectivity index (χ1) is 15.0. The van der Waals surface area contributed by atoms with Gasteiger partial charge < -0.3 is 14.8 Å². The molecule has 4 fully saturated rings. The van der Waals surface area contributed by atoms with Gasteiger partial charge >= 0.3 is 5.97 Å². The van der Waals surface area contributed by atoms with Crippen molar-refractivity contribution in [3.63, 3.8) is 0 Å². The number of esters is 1. The summed E-state index contributed by atoms with van der Waals surface area (Å²) in [5, 5.41) is 2.70. The molecule has 31 heavy (non-hydrogen) atoms. The third-order valence-corrected chi connectivity index (χ3v) is 7.32. The lowest BCUT2D eigenvalue weighted by Crippen LogP contribution is -2.48. The number of nitrogens with one attached hydrogen (secondary N) is 1. The summed E-state index contributed by atoms with van der Waals surface area (Å²) < 4.78 is 10.4. The van der Waals surface area contributed by atoms with E-state index in [4.69, 9.17) is 4.74 Å². The van der Waals surface area contributed by atoms with Crippen LogP contribution >= 0.6 is 0 Å². The van der Waals surface area contributed by atoms with E-state index in [1.807, 2.05) is 12.1 Å². The molecule has 162 valence electrons. The topological polar surface area (TPSA) is 77.5 Å². The van der Waals surface area contributed by atoms with E-state index in [0.29, 0.717) is 16.9 Å². The zero-order valence-corrected chi connectivity index (χ0v) is 17.8. The highest BCUT2D eigenvalue weighted by molar-refractivity contribution is 5.94. The molecule has 4 bridgehead atoms. The molecule has 0 aliphatic heterocycles. The molecule has 4 aliphatic carbocycles. The minimum atomic E-state index is -0.501. The monoisotopic (exact) mass is 420 g/mol. The summed E-state index contributed by atoms with van der Waals surface area (Å²) in [6, 6.07) is 9.90. The van der Waals surface area contributed by atoms with Crippen LogP contribution in [0.2, 0.25) is 0 Å². The van der Waals surface area contributed by atoms with Crippen molar-refractivity contribution in [2.45, 2.75) is 43.9 Å². The van der Waals surface area contributed by atoms with E-state index in [1.165, 1.54) is 69.7 Å². The average Bonchev–Trinajstić information content (AvgIpc) is 2.77. The van der Waals surface area contributed by atoms with Gasteiger partial charge in [-0.2, -0.15) is 0 Å². The van der Waals surface area contributed by atoms with E-state index < -0.39 is 5.97 Å². The number of nitrogens with zero attached hydrogens (tertiary/aromatic N) is 1. The summed E-state index contributed by atoms with van der Waals surface area (Å²) in [5.41, 5.74) is 2.51. The molecule has 0 saturated heterocycles. The fraction of sp³-hybridized carbons (Fsp3) is 0.480. The van der Waals surface area contributed by atoms with Crippen molar-refractivity contribution in [2.24, 2.45) is 17.8 Å². The van der Waals surface area contributed by atoms with Gasteiger partial charge in [0.2, 0.25) is 0 Å². The molecule has 6 rings (SSSR count). The number of hydrogen-bond acceptors (Lipinski definition) is 5. The van der Waals surface area contributed by atoms with Crippen molar-refractivity contribution in [3.8, 4) is 5.75 Å². The number of amides is 1. The van der Waals surface area contributed by atoms with Gasteiger partial charge in [0.15, 0.2) is 6.61 Å². The predicted octanol–water partition coefficient (Wildman–Crippen LogP) is 4.35. The first-order valence-corrected chi connectivity index (χ1v) is 11.1. The van der Waals surface area contributed by atoms with Crippen molar-refractivity contribution < 1.29 is 19.1 Å². The summed E-state index contributed by atoms with van der Waals surface area (Å²) in [5.74, 6) is 2.62. The van der Waals surface area contributed by atoms with Gasteiger partial charge in [-0.15, -0.1) is 0 Å². The van der Waals surface area contributed by atoms with Gasteiger partial charge in [0.1, 0.15) is 5.75 Å². The SMILES string of the molecule is COC(=O)c1cncc(NC(=O)COc2ccc(C34CC5CC(CC(C5)C3)C4)cc2)c1. The predicted molar refractivity (Wildman–Crippen MR) is 116 cm³/mol. The van der Waals surface area contributed by atoms with Gasteiger partial charge in [-0.25, -0.2) is 4.79 Å². The molecule has 0 unspecified atom stereocenters. The van der Waals surface area contributed by atoms with Crippen LogP contribution in [0.5, 0.6) is 5.75 Å². The lowest BCUT2D eigenvalue weighted by atomic mass is 9.48. The van der Waals surface area contributed by atoms with Crippen LogP contribution in [0.3, 0.4) is 0 Å². The number of hydrogen-bond donors (Lipinski definition) is 1. The molecule has 1 aromatic carbocycles. The minimum Gasteiger partial charge on any atom is -0.484 e. The number of benzene rings is 1. The van der Waals surface area contributed by atoms with Crippen molar-refractivity contribution >= 4 is 17.6 Å². The van der Waals surface area contributed by atoms with Crippen LogP contribution in [0.1, 0.15) is 54.4 Å². The Morgan fingerprint density at radius 2 is 1.68 bits per heavy atom. The Morgan fingerprint density at radius 1 is 1.03 bits per heavy atom. The molecule has 1 N–H and O–H groups in total. The normalized spacial score (nSPS) is 28.2. The zero-order valence-electron chi connectivity index (χ0n) is 17.8. The summed E-state index contributed by atoms with van der Waals surface area (Å²) in [6.07, 6.45) is 11.2. The second-order valence-corrected chi connectivity index (χ2v) is 9.51. The molecule has 4 aliphatic rings. The molecule has 0 atom stereocenters. The number of pyridine rings is 1. The summed E-state index contributed by atoms with van der Waals surface area (Å²) >= 11 is 0. The average molecular weight is 421 g/mol. The van der Waals surface area contributed by atoms with Crippen LogP contribution in [0.4, 0.5) is 5.69 Å². The highest BCUT2D eigenvalue weighted by Gasteiger charge is 2.51. The summed E-state index contributed by atoms with van der Waals surface area (Å²) in [6.45, 7) is -0.112. The van der Waals surface area contributed by atoms with Crippen LogP contribution in [0.25, 0.3) is 0 Å². The van der Waals surface area contributed by atoms with Crippen LogP contribution in [-0.2, 0) is 14.9 Å². The number of aromatic nitrogens is 1. The number of rotatable bonds is 6. The Bertz CT molecular complexity index is 950. The fourth-order valence-corrected chi connectivity index (χ4v) is 6.45. The van der Waals surface area contributed by atoms with Gasteiger partial charge in [0, 0.05) is 6.20 Å². The minimum absolute atomic E-state index is 0.112. The smallest absolute Gasteiger partial charge is 0.339 e. The lowest BCUT2D eigenvalue weighted by Gasteiger charge is -2.57. The molecule has 0 spiro atoms. The standard InChI is InChI=1S/C25H28N2O4/c1-30-24(29)19-9-21(14-26-13-19)27-23(28)15-31-22-4-2-20(3-5-22)25-10-16-6-17(11-25)8-18(7-16)12-25/h2-5,9,13-14,16-18H,6-8,10-12,15H2,1H3,(H,27,28). The van der Waals surface area contributed by atoms with Crippen molar-refractivity contribution in [2.75, 3.05) is 19.0 Å². The van der Waals surface area contributed by atoms with Crippen LogP contribution in [-0.4, -0.2) is 30.6 Å². The first-order valence-electron chi connectivity index (χ1n) is 11.1. The summed E-state index contributed by atoms with van der Waals surface area (Å²) in [4.78, 5) is 27.8. The molecular weight excluding hydrogens is 392 g/mol. The Kier molecular flexibility index (Phi) is 5.16. The Balaban J connectivity index is 1.18. The lowest BCUT2D eigenvalue weighted by molar-refractivity contribution is -0.118. The molecule has 4 saturated carbocycles. The molecule has 1 aromatic heterocycles. The van der Waals surface area contributed by atoms with Gasteiger partial charge in [-0.05, 0) is 85.5 Å². The van der Waals surface area contributed by atoms with Crippen LogP contribution < -0.4 is 10.1 Å². The fourth-order valence-electron chi connectivity index (χ4n) is 6.45. The van der Waals surface area contributed by atoms with Crippen molar-refractivity contribution in [1.29, 1.82) is 0 Å². The van der Waals surface area contributed by atoms with E-state index in [-0.39, 0.29) is 18.1 Å². The number of methoxy groups -OCH3 is 1.